The highest BCUT2D eigenvalue weighted by Crippen LogP contribution is 2.13. The molecule has 0 atom stereocenters. The molecule has 0 unspecified atom stereocenters. The maximum Gasteiger partial charge on any atom is 0.216 e. The summed E-state index contributed by atoms with van der Waals surface area (Å²) >= 11 is 5.80. The van der Waals surface area contributed by atoms with Crippen LogP contribution >= 0.6 is 11.6 Å². The molecule has 0 spiro atoms. The van der Waals surface area contributed by atoms with Crippen LogP contribution in [0.1, 0.15) is 11.1 Å². The predicted molar refractivity (Wildman–Crippen MR) is 90.5 cm³/mol. The third kappa shape index (κ3) is 4.25. The molecule has 1 heterocycles. The van der Waals surface area contributed by atoms with Crippen molar-refractivity contribution >= 4 is 32.7 Å². The van der Waals surface area contributed by atoms with Crippen LogP contribution < -0.4 is 4.72 Å². The molecule has 0 fully saturated rings. The topological polar surface area (TPSA) is 72.0 Å². The van der Waals surface area contributed by atoms with Crippen LogP contribution in [0.5, 0.6) is 0 Å². The Morgan fingerprint density at radius 2 is 1.57 bits per heavy atom. The first kappa shape index (κ1) is 15.9. The van der Waals surface area contributed by atoms with Crippen molar-refractivity contribution in [3.05, 3.63) is 71.0 Å². The second-order valence-electron chi connectivity index (χ2n) is 5.09. The fraction of sp³-hybridized carbons (Fsp3) is 0.125. The van der Waals surface area contributed by atoms with Gasteiger partial charge in [0.05, 0.1) is 16.8 Å². The van der Waals surface area contributed by atoms with Gasteiger partial charge in [-0.1, -0.05) is 29.8 Å². The minimum Gasteiger partial charge on any atom is -0.253 e. The predicted octanol–water partition coefficient (Wildman–Crippen LogP) is 2.90. The first-order valence-corrected chi connectivity index (χ1v) is 8.96. The Bertz CT molecular complexity index is 927. The van der Waals surface area contributed by atoms with Crippen LogP contribution in [0, 0.1) is 0 Å². The Kier molecular flexibility index (Phi) is 4.56. The molecular weight excluding hydrogens is 334 g/mol. The number of nitrogens with zero attached hydrogens (tertiary/aromatic N) is 2. The lowest BCUT2D eigenvalue weighted by Crippen LogP contribution is -2.24. The Balaban J connectivity index is 1.69. The molecule has 7 heteroatoms. The summed E-state index contributed by atoms with van der Waals surface area (Å²) < 4.78 is 26.9. The summed E-state index contributed by atoms with van der Waals surface area (Å²) in [5.41, 5.74) is 3.03. The zero-order valence-corrected chi connectivity index (χ0v) is 13.7. The second-order valence-corrected chi connectivity index (χ2v) is 7.33. The van der Waals surface area contributed by atoms with Gasteiger partial charge in [0.15, 0.2) is 0 Å². The normalized spacial score (nSPS) is 11.7. The summed E-state index contributed by atoms with van der Waals surface area (Å²) in [6.07, 6.45) is 3.23. The Hall–Kier alpha value is -2.02. The van der Waals surface area contributed by atoms with Crippen molar-refractivity contribution in [2.24, 2.45) is 0 Å². The molecule has 0 bridgehead atoms. The van der Waals surface area contributed by atoms with E-state index in [2.05, 4.69) is 14.7 Å². The summed E-state index contributed by atoms with van der Waals surface area (Å²) in [7, 11) is -3.43. The van der Waals surface area contributed by atoms with Crippen LogP contribution in [0.3, 0.4) is 0 Å². The van der Waals surface area contributed by atoms with Gasteiger partial charge in [0.2, 0.25) is 10.0 Å². The number of benzene rings is 2. The van der Waals surface area contributed by atoms with Crippen molar-refractivity contribution < 1.29 is 8.42 Å². The van der Waals surface area contributed by atoms with Gasteiger partial charge in [-0.3, -0.25) is 9.97 Å². The number of nitrogens with one attached hydrogen (secondary N) is 1. The number of halogens is 1. The standard InChI is InChI=1S/C16H14ClN3O2S/c17-14-4-1-12(2-5-14)11-23(21,22)20-10-13-3-6-15-16(9-13)19-8-7-18-15/h1-9,20H,10-11H2. The lowest BCUT2D eigenvalue weighted by atomic mass is 10.2. The molecule has 5 nitrogen and oxygen atoms in total. The summed E-state index contributed by atoms with van der Waals surface area (Å²) in [6.45, 7) is 0.211. The van der Waals surface area contributed by atoms with E-state index in [-0.39, 0.29) is 12.3 Å². The molecule has 0 amide bonds. The van der Waals surface area contributed by atoms with Crippen LogP contribution in [0.2, 0.25) is 5.02 Å². The fourth-order valence-corrected chi connectivity index (χ4v) is 3.41. The molecule has 23 heavy (non-hydrogen) atoms. The highest BCUT2D eigenvalue weighted by atomic mass is 35.5. The Morgan fingerprint density at radius 3 is 2.30 bits per heavy atom. The SMILES string of the molecule is O=S(=O)(Cc1ccc(Cl)cc1)NCc1ccc2nccnc2c1. The Labute approximate surface area is 139 Å². The molecule has 0 aliphatic carbocycles. The maximum absolute atomic E-state index is 12.1. The Morgan fingerprint density at radius 1 is 0.913 bits per heavy atom. The van der Waals surface area contributed by atoms with Gasteiger partial charge >= 0.3 is 0 Å². The van der Waals surface area contributed by atoms with Gasteiger partial charge in [0.1, 0.15) is 0 Å². The average Bonchev–Trinajstić information content (AvgIpc) is 2.55. The third-order valence-corrected chi connectivity index (χ3v) is 4.85. The zero-order valence-electron chi connectivity index (χ0n) is 12.1. The van der Waals surface area contributed by atoms with E-state index in [1.807, 2.05) is 18.2 Å². The lowest BCUT2D eigenvalue weighted by molar-refractivity contribution is 0.580. The minimum absolute atomic E-state index is 0.0858. The van der Waals surface area contributed by atoms with Crippen molar-refractivity contribution in [1.29, 1.82) is 0 Å². The van der Waals surface area contributed by atoms with Crippen LogP contribution in [-0.2, 0) is 22.3 Å². The largest absolute Gasteiger partial charge is 0.253 e. The van der Waals surface area contributed by atoms with Gasteiger partial charge < -0.3 is 0 Å². The summed E-state index contributed by atoms with van der Waals surface area (Å²) in [5, 5.41) is 0.580. The van der Waals surface area contributed by atoms with E-state index >= 15 is 0 Å². The van der Waals surface area contributed by atoms with Crippen LogP contribution in [0.15, 0.2) is 54.9 Å². The lowest BCUT2D eigenvalue weighted by Gasteiger charge is -2.07. The molecule has 0 saturated heterocycles. The second kappa shape index (κ2) is 6.62. The maximum atomic E-state index is 12.1. The van der Waals surface area contributed by atoms with Crippen molar-refractivity contribution in [1.82, 2.24) is 14.7 Å². The molecule has 0 aliphatic heterocycles. The van der Waals surface area contributed by atoms with Crippen LogP contribution in [0.4, 0.5) is 0 Å². The number of aromatic nitrogens is 2. The molecule has 1 aromatic heterocycles. The number of rotatable bonds is 5. The van der Waals surface area contributed by atoms with Gasteiger partial charge in [-0.2, -0.15) is 0 Å². The van der Waals surface area contributed by atoms with E-state index in [1.54, 1.807) is 36.7 Å². The van der Waals surface area contributed by atoms with Crippen molar-refractivity contribution in [2.75, 3.05) is 0 Å². The van der Waals surface area contributed by atoms with Crippen molar-refractivity contribution in [3.8, 4) is 0 Å². The van der Waals surface area contributed by atoms with E-state index in [9.17, 15) is 8.42 Å². The van der Waals surface area contributed by atoms with E-state index in [0.29, 0.717) is 10.6 Å². The average molecular weight is 348 g/mol. The molecule has 3 rings (SSSR count). The van der Waals surface area contributed by atoms with Gasteiger partial charge in [-0.05, 0) is 35.4 Å². The van der Waals surface area contributed by atoms with Crippen LogP contribution in [0.25, 0.3) is 11.0 Å². The van der Waals surface area contributed by atoms with Crippen molar-refractivity contribution in [2.45, 2.75) is 12.3 Å². The van der Waals surface area contributed by atoms with E-state index in [0.717, 1.165) is 16.6 Å². The van der Waals surface area contributed by atoms with Crippen LogP contribution in [-0.4, -0.2) is 18.4 Å². The molecule has 0 radical (unpaired) electrons. The van der Waals surface area contributed by atoms with E-state index in [1.165, 1.54) is 0 Å². The molecule has 1 N–H and O–H groups in total. The fourth-order valence-electron chi connectivity index (χ4n) is 2.16. The zero-order chi connectivity index (χ0) is 16.3. The monoisotopic (exact) mass is 347 g/mol. The van der Waals surface area contributed by atoms with Gasteiger partial charge in [-0.15, -0.1) is 0 Å². The van der Waals surface area contributed by atoms with Crippen molar-refractivity contribution in [3.63, 3.8) is 0 Å². The number of fused-ring (bicyclic) bond motifs is 1. The highest BCUT2D eigenvalue weighted by molar-refractivity contribution is 7.88. The van der Waals surface area contributed by atoms with Gasteiger partial charge in [0, 0.05) is 24.0 Å². The minimum atomic E-state index is -3.43. The number of hydrogen-bond donors (Lipinski definition) is 1. The third-order valence-electron chi connectivity index (χ3n) is 3.30. The van der Waals surface area contributed by atoms with Gasteiger partial charge in [-0.25, -0.2) is 13.1 Å². The number of hydrogen-bond acceptors (Lipinski definition) is 4. The molecule has 3 aromatic rings. The first-order chi connectivity index (χ1) is 11.0. The van der Waals surface area contributed by atoms with E-state index in [4.69, 9.17) is 11.6 Å². The van der Waals surface area contributed by atoms with Gasteiger partial charge in [0.25, 0.3) is 0 Å². The first-order valence-electron chi connectivity index (χ1n) is 6.93. The van der Waals surface area contributed by atoms with E-state index < -0.39 is 10.0 Å². The number of sulfonamides is 1. The molecule has 0 aliphatic rings. The molecular formula is C16H14ClN3O2S. The quantitative estimate of drug-likeness (QED) is 0.770. The molecule has 0 saturated carbocycles. The molecule has 2 aromatic carbocycles. The molecule has 118 valence electrons. The summed E-state index contributed by atoms with van der Waals surface area (Å²) in [5.74, 6) is -0.0858. The summed E-state index contributed by atoms with van der Waals surface area (Å²) in [6, 6.07) is 12.2. The summed E-state index contributed by atoms with van der Waals surface area (Å²) in [4.78, 5) is 8.39. The smallest absolute Gasteiger partial charge is 0.216 e. The highest BCUT2D eigenvalue weighted by Gasteiger charge is 2.11.